The lowest BCUT2D eigenvalue weighted by Crippen LogP contribution is -2.44. The fraction of sp³-hybridized carbons (Fsp3) is 0.518. The van der Waals surface area contributed by atoms with E-state index in [0.29, 0.717) is 129 Å². The molecule has 1 amide bonds. The lowest BCUT2D eigenvalue weighted by Gasteiger charge is -2.25. The number of rotatable bonds is 16. The van der Waals surface area contributed by atoms with Crippen LogP contribution in [0.1, 0.15) is 235 Å². The van der Waals surface area contributed by atoms with Gasteiger partial charge >= 0.3 is 0 Å². The SMILES string of the molecule is CC(=N[S@](=O)C(C)(C)C)c1cc(F)cc2c1O[C@@](C)(CN=[N+]=[N-])C2.CC(=N[S@](=O)C(C)(C)C)c1cc(F)cc2c1O[C@](C)(CN=[N+]=[N-])C2.CC(=O)c1cc(F)cc2c1OC(C)(CN=[N+]=[N-])C2.CC(C)(C)[S@](N)=O.CC(N[S@](=O)C(C)(C)C)c1cc(F)cc2c1O[C@@](C)(CN=[N+]=[N-])C2.C[C@H]1Nc2ccn3ncc(c3n2)C(=O)NC[C@@]2(C)Cc3cc(F)cc1c3O2. The monoisotopic (exact) mass is 1800 g/mol. The van der Waals surface area contributed by atoms with E-state index in [1.807, 2.05) is 125 Å². The van der Waals surface area contributed by atoms with E-state index in [2.05, 4.69) is 74.3 Å². The van der Waals surface area contributed by atoms with Crippen molar-refractivity contribution in [1.29, 1.82) is 0 Å². The summed E-state index contributed by atoms with van der Waals surface area (Å²) >= 11 is 0. The first-order valence-electron chi connectivity index (χ1n) is 39.3. The van der Waals surface area contributed by atoms with Crippen molar-refractivity contribution >= 4 is 78.5 Å². The molecule has 5 aromatic carbocycles. The van der Waals surface area contributed by atoms with Gasteiger partial charge in [-0.15, -0.1) is 0 Å². The average Bonchev–Trinajstić information content (AvgIpc) is 1.70. The maximum atomic E-state index is 14.2. The van der Waals surface area contributed by atoms with Crippen molar-refractivity contribution in [3.05, 3.63) is 211 Å². The Kier molecular flexibility index (Phi) is 31.3. The zero-order chi connectivity index (χ0) is 92.5. The Balaban J connectivity index is 0.000000189. The van der Waals surface area contributed by atoms with Crippen LogP contribution in [0.15, 0.2) is 108 Å². The van der Waals surface area contributed by atoms with E-state index in [4.69, 9.17) is 50.9 Å². The number of benzene rings is 5. The number of ether oxygens (including phenoxy) is 5. The number of ketones is 1. The summed E-state index contributed by atoms with van der Waals surface area (Å²) in [6.45, 7) is 40.5. The van der Waals surface area contributed by atoms with Gasteiger partial charge in [0, 0.05) is 114 Å². The van der Waals surface area contributed by atoms with Crippen LogP contribution < -0.4 is 44.2 Å². The number of anilines is 1. The Morgan fingerprint density at radius 2 is 0.935 bits per heavy atom. The van der Waals surface area contributed by atoms with E-state index >= 15 is 0 Å². The predicted molar refractivity (Wildman–Crippen MR) is 471 cm³/mol. The van der Waals surface area contributed by atoms with Gasteiger partial charge in [0.25, 0.3) is 5.91 Å². The lowest BCUT2D eigenvalue weighted by molar-refractivity contribution is 0.0839. The Hall–Kier alpha value is -10.6. The van der Waals surface area contributed by atoms with Crippen LogP contribution in [-0.2, 0) is 76.0 Å². The molecule has 6 aliphatic rings. The van der Waals surface area contributed by atoms with Crippen molar-refractivity contribution in [2.45, 2.75) is 244 Å². The predicted octanol–water partition coefficient (Wildman–Crippen LogP) is 18.1. The highest BCUT2D eigenvalue weighted by atomic mass is 32.2. The van der Waals surface area contributed by atoms with E-state index in [0.717, 1.165) is 16.7 Å². The molecule has 6 aliphatic heterocycles. The number of nitrogens with two attached hydrogens (primary N) is 1. The average molecular weight is 1800 g/mol. The number of halogens is 5. The number of fused-ring (bicyclic) bond motifs is 6. The van der Waals surface area contributed by atoms with Crippen LogP contribution >= 0.6 is 0 Å². The van der Waals surface area contributed by atoms with E-state index in [1.54, 1.807) is 37.5 Å². The van der Waals surface area contributed by atoms with Crippen LogP contribution in [0.4, 0.5) is 27.8 Å². The second-order valence-corrected chi connectivity index (χ2v) is 43.6. The summed E-state index contributed by atoms with van der Waals surface area (Å²) in [6, 6.07) is 15.0. The molecule has 11 atom stereocenters. The number of hydrogen-bond donors (Lipinski definition) is 4. The van der Waals surface area contributed by atoms with Crippen LogP contribution in [-0.4, -0.2) is 134 Å². The molecule has 0 saturated heterocycles. The van der Waals surface area contributed by atoms with E-state index < -0.39 is 104 Å². The molecule has 0 radical (unpaired) electrons. The van der Waals surface area contributed by atoms with Gasteiger partial charge in [0.2, 0.25) is 0 Å². The first-order chi connectivity index (χ1) is 57.5. The molecule has 5 N–H and O–H groups in total. The first-order valence-corrected chi connectivity index (χ1v) is 43.9. The van der Waals surface area contributed by atoms with Crippen molar-refractivity contribution < 1.29 is 72.1 Å². The summed E-state index contributed by atoms with van der Waals surface area (Å²) in [7, 11) is -5.38. The van der Waals surface area contributed by atoms with E-state index in [9.17, 15) is 48.4 Å². The van der Waals surface area contributed by atoms with Gasteiger partial charge in [-0.2, -0.15) is 13.9 Å². The number of carbonyl (C=O) groups excluding carboxylic acids is 2. The number of azide groups is 4. The molecule has 0 fully saturated rings. The molecular formula is C83H106F5N21O11S4. The number of Topliss-reactive ketones (excluding diaryl/α,β-unsaturated/α-hetero) is 1. The topological polar surface area (TPSA) is 461 Å². The number of aromatic nitrogens is 3. The van der Waals surface area contributed by atoms with Gasteiger partial charge in [0.15, 0.2) is 11.4 Å². The molecule has 32 nitrogen and oxygen atoms in total. The van der Waals surface area contributed by atoms with Crippen molar-refractivity contribution in [2.24, 2.45) is 34.4 Å². The first kappa shape index (κ1) is 98.8. The van der Waals surface area contributed by atoms with Crippen molar-refractivity contribution in [3.63, 3.8) is 0 Å². The Labute approximate surface area is 726 Å². The molecule has 7 aromatic rings. The van der Waals surface area contributed by atoms with Gasteiger partial charge in [-0.05, 0) is 241 Å². The van der Waals surface area contributed by atoms with Crippen molar-refractivity contribution in [3.8, 4) is 28.7 Å². The largest absolute Gasteiger partial charge is 0.486 e. The zero-order valence-electron chi connectivity index (χ0n) is 73.4. The summed E-state index contributed by atoms with van der Waals surface area (Å²) in [5.74, 6) is 0.796. The Bertz CT molecular complexity index is 5520. The third-order valence-corrected chi connectivity index (χ3v) is 25.6. The third-order valence-electron chi connectivity index (χ3n) is 19.8. The highest BCUT2D eigenvalue weighted by molar-refractivity contribution is 7.85. The molecule has 0 spiro atoms. The number of nitrogens with one attached hydrogen (secondary N) is 3. The minimum atomic E-state index is -1.45. The minimum absolute atomic E-state index is 0.136. The van der Waals surface area contributed by atoms with Crippen molar-refractivity contribution in [1.82, 2.24) is 24.6 Å². The van der Waals surface area contributed by atoms with Gasteiger partial charge in [-0.25, -0.2) is 53.0 Å². The smallest absolute Gasteiger partial charge is 0.256 e. The van der Waals surface area contributed by atoms with Crippen LogP contribution in [0, 0.1) is 29.1 Å². The normalized spacial score (nSPS) is 21.8. The molecule has 8 heterocycles. The van der Waals surface area contributed by atoms with Crippen molar-refractivity contribution in [2.75, 3.05) is 38.0 Å². The standard InChI is InChI=1S/C19H18FN5O2.C16H23FN4O2S.2C16H21FN4O2S.C12H12FN3O2.C4H11NOS/c1-10-13-6-12(20)5-11-7-19(2,27-16(11)13)9-21-18(26)14-8-22-25-4-3-15(23-10)24-17(14)25;3*1-10(20-24(22)15(2,3)4)13-7-12(17)6-11-8-16(5,9-19-21-18)23-14(11)13;1-7(17)10-4-9(13)3-8-5-12(2,6-15-16-14)18-11(8)10;1-4(2,3)7(5)6/h3-6,8,10H,7,9H2,1-2H3,(H,21,26)(H,23,24);6-7,10,20H,8-9H2,1-5H3;2*6-7H,8-9H2,1-5H3;3-4H,5-6H2,1-2H3;5H2,1-3H3/t10-,19-;10?,16-,24-;16-,24+;16-,24-;;7-/m1101.1/s1. The summed E-state index contributed by atoms with van der Waals surface area (Å²) in [6.07, 6.45) is 5.50. The van der Waals surface area contributed by atoms with Crippen LogP contribution in [0.3, 0.4) is 0 Å². The molecular weight excluding hydrogens is 1690 g/mol. The highest BCUT2D eigenvalue weighted by Gasteiger charge is 2.43. The summed E-state index contributed by atoms with van der Waals surface area (Å²) in [5.41, 5.74) is 38.2. The molecule has 41 heteroatoms. The third kappa shape index (κ3) is 25.4. The molecule has 668 valence electrons. The van der Waals surface area contributed by atoms with Gasteiger partial charge in [-0.1, -0.05) is 20.5 Å². The fourth-order valence-electron chi connectivity index (χ4n) is 13.4. The molecule has 0 aliphatic carbocycles. The number of carbonyl (C=O) groups is 2. The second-order valence-electron chi connectivity index (χ2n) is 35.9. The lowest BCUT2D eigenvalue weighted by atomic mass is 9.96. The van der Waals surface area contributed by atoms with Gasteiger partial charge in [-0.3, -0.25) is 14.7 Å². The number of nitrogens with zero attached hydrogens (tertiary/aromatic N) is 17. The number of amides is 1. The highest BCUT2D eigenvalue weighted by Crippen LogP contribution is 2.46. The van der Waals surface area contributed by atoms with Gasteiger partial charge in [0.1, 0.15) is 119 Å². The van der Waals surface area contributed by atoms with E-state index in [-0.39, 0.29) is 71.9 Å². The van der Waals surface area contributed by atoms with Crippen LogP contribution in [0.5, 0.6) is 28.7 Å². The minimum Gasteiger partial charge on any atom is -0.486 e. The van der Waals surface area contributed by atoms with Gasteiger partial charge in [0.05, 0.1) is 103 Å². The Morgan fingerprint density at radius 3 is 1.32 bits per heavy atom. The molecule has 2 unspecified atom stereocenters. The van der Waals surface area contributed by atoms with Gasteiger partial charge < -0.3 is 34.3 Å². The molecule has 4 bridgehead atoms. The van der Waals surface area contributed by atoms with E-state index in [1.165, 1.54) is 73.8 Å². The molecule has 2 aromatic heterocycles. The van der Waals surface area contributed by atoms with Crippen LogP contribution in [0.2, 0.25) is 0 Å². The molecule has 13 rings (SSSR count). The van der Waals surface area contributed by atoms with Crippen LogP contribution in [0.25, 0.3) is 47.4 Å². The summed E-state index contributed by atoms with van der Waals surface area (Å²) in [5, 5.41) is 29.6. The number of hydrogen-bond acceptors (Lipinski definition) is 18. The molecule has 124 heavy (non-hydrogen) atoms. The zero-order valence-corrected chi connectivity index (χ0v) is 76.7. The maximum absolute atomic E-state index is 14.2. The quantitative estimate of drug-likeness (QED) is 0.0174. The Morgan fingerprint density at radius 1 is 0.565 bits per heavy atom. The maximum Gasteiger partial charge on any atom is 0.256 e. The summed E-state index contributed by atoms with van der Waals surface area (Å²) in [4.78, 5) is 39.6. The fourth-order valence-corrected chi connectivity index (χ4v) is 15.4. The summed E-state index contributed by atoms with van der Waals surface area (Å²) < 4.78 is 158. The second kappa shape index (κ2) is 39.3. The molecule has 0 saturated carbocycles.